The van der Waals surface area contributed by atoms with Gasteiger partial charge in [-0.25, -0.2) is 0 Å². The summed E-state index contributed by atoms with van der Waals surface area (Å²) in [5.74, 6) is 0. The highest BCUT2D eigenvalue weighted by atomic mass is 79.9. The second-order valence-electron chi connectivity index (χ2n) is 4.23. The van der Waals surface area contributed by atoms with Crippen LogP contribution < -0.4 is 5.32 Å². The Balaban J connectivity index is 2.75. The van der Waals surface area contributed by atoms with Crippen LogP contribution in [0.4, 0.5) is 0 Å². The molecular formula is C13H19BrClNO. The smallest absolute Gasteiger partial charge is 0.0613 e. The normalized spacial score (nSPS) is 11.8. The number of halogens is 2. The Morgan fingerprint density at radius 1 is 1.35 bits per heavy atom. The highest BCUT2D eigenvalue weighted by Crippen LogP contribution is 2.22. The standard InChI is InChI=1S/C13H19BrClNO/c1-3-13(4-2,9-17)16-8-10-7-11(15)5-6-12(10)14/h5-7,16-17H,3-4,8-9H2,1-2H3. The number of aliphatic hydroxyl groups is 1. The number of benzene rings is 1. The average molecular weight is 321 g/mol. The van der Waals surface area contributed by atoms with Gasteiger partial charge in [0.1, 0.15) is 0 Å². The lowest BCUT2D eigenvalue weighted by Crippen LogP contribution is -2.47. The van der Waals surface area contributed by atoms with E-state index in [2.05, 4.69) is 35.1 Å². The van der Waals surface area contributed by atoms with Crippen LogP contribution in [0, 0.1) is 0 Å². The fourth-order valence-corrected chi connectivity index (χ4v) is 2.32. The van der Waals surface area contributed by atoms with E-state index < -0.39 is 0 Å². The van der Waals surface area contributed by atoms with Gasteiger partial charge in [0.05, 0.1) is 6.61 Å². The third-order valence-electron chi connectivity index (χ3n) is 3.32. The third kappa shape index (κ3) is 3.95. The molecule has 0 aliphatic heterocycles. The van der Waals surface area contributed by atoms with Crippen LogP contribution >= 0.6 is 27.5 Å². The Morgan fingerprint density at radius 2 is 2.00 bits per heavy atom. The summed E-state index contributed by atoms with van der Waals surface area (Å²) in [4.78, 5) is 0. The molecule has 0 radical (unpaired) electrons. The Bertz CT molecular complexity index is 358. The van der Waals surface area contributed by atoms with Crippen molar-refractivity contribution in [2.75, 3.05) is 6.61 Å². The lowest BCUT2D eigenvalue weighted by Gasteiger charge is -2.31. The van der Waals surface area contributed by atoms with Crippen LogP contribution in [-0.2, 0) is 6.54 Å². The molecule has 0 spiro atoms. The number of aliphatic hydroxyl groups excluding tert-OH is 1. The zero-order chi connectivity index (χ0) is 12.9. The van der Waals surface area contributed by atoms with Gasteiger partial charge in [-0.2, -0.15) is 0 Å². The zero-order valence-corrected chi connectivity index (χ0v) is 12.6. The van der Waals surface area contributed by atoms with Gasteiger partial charge in [-0.1, -0.05) is 41.4 Å². The van der Waals surface area contributed by atoms with E-state index in [1.165, 1.54) is 0 Å². The van der Waals surface area contributed by atoms with E-state index >= 15 is 0 Å². The molecule has 0 aromatic heterocycles. The Labute approximate surface area is 117 Å². The van der Waals surface area contributed by atoms with Crippen molar-refractivity contribution >= 4 is 27.5 Å². The summed E-state index contributed by atoms with van der Waals surface area (Å²) in [6, 6.07) is 5.73. The first-order valence-corrected chi connectivity index (χ1v) is 7.04. The van der Waals surface area contributed by atoms with E-state index in [4.69, 9.17) is 11.6 Å². The van der Waals surface area contributed by atoms with Crippen molar-refractivity contribution in [1.82, 2.24) is 5.32 Å². The molecule has 0 amide bonds. The van der Waals surface area contributed by atoms with Crippen molar-refractivity contribution in [3.05, 3.63) is 33.3 Å². The molecule has 0 aliphatic carbocycles. The number of nitrogens with one attached hydrogen (secondary N) is 1. The van der Waals surface area contributed by atoms with Gasteiger partial charge in [-0.05, 0) is 36.6 Å². The molecule has 0 saturated carbocycles. The van der Waals surface area contributed by atoms with Crippen molar-refractivity contribution < 1.29 is 5.11 Å². The largest absolute Gasteiger partial charge is 0.394 e. The molecule has 0 heterocycles. The van der Waals surface area contributed by atoms with Gasteiger partial charge in [-0.3, -0.25) is 0 Å². The van der Waals surface area contributed by atoms with Gasteiger partial charge >= 0.3 is 0 Å². The summed E-state index contributed by atoms with van der Waals surface area (Å²) in [5.41, 5.74) is 0.916. The SMILES string of the molecule is CCC(CC)(CO)NCc1cc(Cl)ccc1Br. The van der Waals surface area contributed by atoms with Crippen LogP contribution in [0.2, 0.25) is 5.02 Å². The lowest BCUT2D eigenvalue weighted by atomic mass is 9.93. The molecule has 2 nitrogen and oxygen atoms in total. The minimum atomic E-state index is -0.193. The van der Waals surface area contributed by atoms with E-state index in [0.717, 1.165) is 27.9 Å². The summed E-state index contributed by atoms with van der Waals surface area (Å²) >= 11 is 9.47. The lowest BCUT2D eigenvalue weighted by molar-refractivity contribution is 0.149. The summed E-state index contributed by atoms with van der Waals surface area (Å²) in [7, 11) is 0. The van der Waals surface area contributed by atoms with Crippen molar-refractivity contribution in [2.45, 2.75) is 38.8 Å². The average Bonchev–Trinajstić information content (AvgIpc) is 2.35. The van der Waals surface area contributed by atoms with E-state index in [1.54, 1.807) is 0 Å². The summed E-state index contributed by atoms with van der Waals surface area (Å²) in [5, 5.41) is 13.6. The first kappa shape index (κ1) is 15.0. The molecule has 96 valence electrons. The predicted molar refractivity (Wildman–Crippen MR) is 76.4 cm³/mol. The quantitative estimate of drug-likeness (QED) is 0.837. The van der Waals surface area contributed by atoms with Gasteiger partial charge in [0.25, 0.3) is 0 Å². The van der Waals surface area contributed by atoms with E-state index in [-0.39, 0.29) is 12.1 Å². The molecular weight excluding hydrogens is 302 g/mol. The summed E-state index contributed by atoms with van der Waals surface area (Å²) < 4.78 is 1.04. The number of hydrogen-bond donors (Lipinski definition) is 2. The van der Waals surface area contributed by atoms with Crippen molar-refractivity contribution in [2.24, 2.45) is 0 Å². The Kier molecular flexibility index (Phi) is 5.93. The monoisotopic (exact) mass is 319 g/mol. The van der Waals surface area contributed by atoms with Crippen molar-refractivity contribution in [3.8, 4) is 0 Å². The maximum Gasteiger partial charge on any atom is 0.0613 e. The third-order valence-corrected chi connectivity index (χ3v) is 4.33. The first-order valence-electron chi connectivity index (χ1n) is 5.86. The van der Waals surface area contributed by atoms with Crippen LogP contribution in [-0.4, -0.2) is 17.3 Å². The van der Waals surface area contributed by atoms with Crippen LogP contribution in [0.1, 0.15) is 32.3 Å². The number of hydrogen-bond acceptors (Lipinski definition) is 2. The fraction of sp³-hybridized carbons (Fsp3) is 0.538. The minimum absolute atomic E-state index is 0.151. The van der Waals surface area contributed by atoms with E-state index in [1.807, 2.05) is 18.2 Å². The second-order valence-corrected chi connectivity index (χ2v) is 5.53. The summed E-state index contributed by atoms with van der Waals surface area (Å²) in [6.07, 6.45) is 1.80. The van der Waals surface area contributed by atoms with Crippen molar-refractivity contribution in [3.63, 3.8) is 0 Å². The first-order chi connectivity index (χ1) is 8.06. The number of rotatable bonds is 6. The Morgan fingerprint density at radius 3 is 2.53 bits per heavy atom. The van der Waals surface area contributed by atoms with Crippen LogP contribution in [0.25, 0.3) is 0 Å². The molecule has 0 atom stereocenters. The molecule has 2 N–H and O–H groups in total. The minimum Gasteiger partial charge on any atom is -0.394 e. The molecule has 17 heavy (non-hydrogen) atoms. The van der Waals surface area contributed by atoms with Crippen LogP contribution in [0.15, 0.2) is 22.7 Å². The molecule has 0 aliphatic rings. The van der Waals surface area contributed by atoms with Gasteiger partial charge in [0.2, 0.25) is 0 Å². The zero-order valence-electron chi connectivity index (χ0n) is 10.3. The molecule has 0 saturated heterocycles. The molecule has 1 aromatic rings. The molecule has 0 fully saturated rings. The maximum atomic E-state index is 9.48. The highest BCUT2D eigenvalue weighted by Gasteiger charge is 2.24. The van der Waals surface area contributed by atoms with E-state index in [0.29, 0.717) is 6.54 Å². The summed E-state index contributed by atoms with van der Waals surface area (Å²) in [6.45, 7) is 5.01. The molecule has 0 unspecified atom stereocenters. The highest BCUT2D eigenvalue weighted by molar-refractivity contribution is 9.10. The molecule has 1 rings (SSSR count). The van der Waals surface area contributed by atoms with Gasteiger partial charge in [0, 0.05) is 21.6 Å². The van der Waals surface area contributed by atoms with Crippen molar-refractivity contribution in [1.29, 1.82) is 0 Å². The van der Waals surface area contributed by atoms with Gasteiger partial charge in [-0.15, -0.1) is 0 Å². The topological polar surface area (TPSA) is 32.3 Å². The van der Waals surface area contributed by atoms with Gasteiger partial charge in [0.15, 0.2) is 0 Å². The second kappa shape index (κ2) is 6.74. The molecule has 1 aromatic carbocycles. The molecule has 0 bridgehead atoms. The van der Waals surface area contributed by atoms with Crippen LogP contribution in [0.5, 0.6) is 0 Å². The van der Waals surface area contributed by atoms with E-state index in [9.17, 15) is 5.11 Å². The van der Waals surface area contributed by atoms with Gasteiger partial charge < -0.3 is 10.4 Å². The van der Waals surface area contributed by atoms with Crippen LogP contribution in [0.3, 0.4) is 0 Å². The predicted octanol–water partition coefficient (Wildman–Crippen LogP) is 3.74. The molecule has 4 heteroatoms. The Hall–Kier alpha value is -0.0900. The fourth-order valence-electron chi connectivity index (χ4n) is 1.74. The maximum absolute atomic E-state index is 9.48.